The van der Waals surface area contributed by atoms with Crippen LogP contribution in [-0.2, 0) is 22.5 Å². The minimum absolute atomic E-state index is 0.00408. The smallest absolute Gasteiger partial charge is 0.416 e. The first-order valence-electron chi connectivity index (χ1n) is 11.4. The number of likely N-dealkylation sites (tertiary alicyclic amines) is 1. The van der Waals surface area contributed by atoms with Gasteiger partial charge in [-0.25, -0.2) is 4.79 Å². The first-order chi connectivity index (χ1) is 16.5. The summed E-state index contributed by atoms with van der Waals surface area (Å²) < 4.78 is 85.9. The molecule has 2 heterocycles. The van der Waals surface area contributed by atoms with E-state index in [4.69, 9.17) is 4.74 Å². The van der Waals surface area contributed by atoms with E-state index in [9.17, 15) is 35.9 Å². The van der Waals surface area contributed by atoms with Gasteiger partial charge in [-0.2, -0.15) is 31.4 Å². The van der Waals surface area contributed by atoms with Crippen LogP contribution in [0.2, 0.25) is 0 Å². The minimum Gasteiger partial charge on any atom is -0.461 e. The molecule has 0 radical (unpaired) electrons. The van der Waals surface area contributed by atoms with Gasteiger partial charge in [0.2, 0.25) is 0 Å². The number of rotatable bonds is 4. The van der Waals surface area contributed by atoms with Crippen LogP contribution in [0.15, 0.2) is 24.3 Å². The topological polar surface area (TPSA) is 64.4 Å². The lowest BCUT2D eigenvalue weighted by Gasteiger charge is -2.34. The van der Waals surface area contributed by atoms with Crippen LogP contribution in [0, 0.1) is 0 Å². The number of hydrogen-bond donors (Lipinski definition) is 0. The molecule has 198 valence electrons. The summed E-state index contributed by atoms with van der Waals surface area (Å²) in [6, 6.07) is 2.31. The zero-order valence-corrected chi connectivity index (χ0v) is 20.3. The normalized spacial score (nSPS) is 15.8. The van der Waals surface area contributed by atoms with Gasteiger partial charge in [0.05, 0.1) is 23.8 Å². The number of ether oxygens (including phenoxy) is 1. The Morgan fingerprint density at radius 1 is 0.944 bits per heavy atom. The molecule has 0 unspecified atom stereocenters. The minimum atomic E-state index is -5.04. The number of halogens is 6. The van der Waals surface area contributed by atoms with Crippen molar-refractivity contribution in [1.82, 2.24) is 14.7 Å². The monoisotopic (exact) mass is 519 g/mol. The van der Waals surface area contributed by atoms with Gasteiger partial charge in [0, 0.05) is 29.8 Å². The van der Waals surface area contributed by atoms with Gasteiger partial charge in [-0.15, -0.1) is 0 Å². The highest BCUT2D eigenvalue weighted by Gasteiger charge is 2.38. The second-order valence-electron chi connectivity index (χ2n) is 9.65. The van der Waals surface area contributed by atoms with Gasteiger partial charge < -0.3 is 9.64 Å². The van der Waals surface area contributed by atoms with Gasteiger partial charge >= 0.3 is 18.3 Å². The fraction of sp³-hybridized carbons (Fsp3) is 0.542. The Labute approximate surface area is 204 Å². The number of esters is 1. The van der Waals surface area contributed by atoms with Gasteiger partial charge in [0.1, 0.15) is 0 Å². The number of carbonyl (C=O) groups excluding carboxylic acids is 2. The molecule has 36 heavy (non-hydrogen) atoms. The number of amides is 1. The van der Waals surface area contributed by atoms with E-state index >= 15 is 0 Å². The maximum absolute atomic E-state index is 13.2. The fourth-order valence-corrected chi connectivity index (χ4v) is 4.11. The molecule has 3 rings (SSSR count). The summed E-state index contributed by atoms with van der Waals surface area (Å²) >= 11 is 0. The molecule has 12 heteroatoms. The average molecular weight is 519 g/mol. The van der Waals surface area contributed by atoms with Gasteiger partial charge in [-0.1, -0.05) is 20.8 Å². The van der Waals surface area contributed by atoms with Crippen LogP contribution in [0.25, 0.3) is 0 Å². The molecule has 0 bridgehead atoms. The molecule has 1 aromatic heterocycles. The van der Waals surface area contributed by atoms with Gasteiger partial charge in [0.25, 0.3) is 5.91 Å². The van der Waals surface area contributed by atoms with E-state index in [1.165, 1.54) is 4.90 Å². The SMILES string of the molecule is CCOC(=O)c1cc(C(C)(C)C)n(C2CCN(C(=O)c3cc(C(F)(F)F)cc(C(F)(F)F)c3)CC2)n1. The molecule has 2 aromatic rings. The first-order valence-corrected chi connectivity index (χ1v) is 11.4. The first kappa shape index (κ1) is 27.5. The summed E-state index contributed by atoms with van der Waals surface area (Å²) in [6.45, 7) is 7.88. The lowest BCUT2D eigenvalue weighted by molar-refractivity contribution is -0.143. The molecule has 1 saturated heterocycles. The van der Waals surface area contributed by atoms with Crippen molar-refractivity contribution >= 4 is 11.9 Å². The number of hydrogen-bond acceptors (Lipinski definition) is 4. The quantitative estimate of drug-likeness (QED) is 0.374. The van der Waals surface area contributed by atoms with Crippen molar-refractivity contribution in [2.24, 2.45) is 0 Å². The summed E-state index contributed by atoms with van der Waals surface area (Å²) in [5.41, 5.74) is -3.21. The zero-order chi connectivity index (χ0) is 27.1. The van der Waals surface area contributed by atoms with Crippen molar-refractivity contribution in [3.05, 3.63) is 52.3 Å². The third kappa shape index (κ3) is 6.01. The molecule has 1 amide bonds. The molecule has 0 atom stereocenters. The number of nitrogens with zero attached hydrogens (tertiary/aromatic N) is 3. The number of carbonyl (C=O) groups is 2. The number of alkyl halides is 6. The molecule has 1 aromatic carbocycles. The third-order valence-electron chi connectivity index (χ3n) is 5.92. The van der Waals surface area contributed by atoms with Crippen molar-refractivity contribution in [3.8, 4) is 0 Å². The number of aromatic nitrogens is 2. The Bertz CT molecular complexity index is 1090. The highest BCUT2D eigenvalue weighted by Crippen LogP contribution is 2.37. The molecule has 1 aliphatic heterocycles. The maximum atomic E-state index is 13.2. The van der Waals surface area contributed by atoms with Crippen molar-refractivity contribution in [1.29, 1.82) is 0 Å². The Morgan fingerprint density at radius 2 is 1.47 bits per heavy atom. The van der Waals surface area contributed by atoms with Crippen LogP contribution >= 0.6 is 0 Å². The van der Waals surface area contributed by atoms with Crippen LogP contribution in [-0.4, -0.2) is 46.3 Å². The molecule has 1 fully saturated rings. The Hall–Kier alpha value is -3.05. The largest absolute Gasteiger partial charge is 0.461 e. The second-order valence-corrected chi connectivity index (χ2v) is 9.65. The van der Waals surface area contributed by atoms with Gasteiger partial charge in [0.15, 0.2) is 5.69 Å². The molecule has 6 nitrogen and oxygen atoms in total. The molecule has 0 spiro atoms. The number of piperidine rings is 1. The molecule has 0 saturated carbocycles. The summed E-state index contributed by atoms with van der Waals surface area (Å²) in [4.78, 5) is 26.3. The van der Waals surface area contributed by atoms with Crippen LogP contribution < -0.4 is 0 Å². The van der Waals surface area contributed by atoms with Gasteiger partial charge in [-0.05, 0) is 44.0 Å². The van der Waals surface area contributed by atoms with Crippen LogP contribution in [0.5, 0.6) is 0 Å². The Morgan fingerprint density at radius 3 is 1.92 bits per heavy atom. The Kier molecular flexibility index (Phi) is 7.48. The third-order valence-corrected chi connectivity index (χ3v) is 5.92. The van der Waals surface area contributed by atoms with E-state index in [1.807, 2.05) is 20.8 Å². The second kappa shape index (κ2) is 9.78. The predicted octanol–water partition coefficient (Wildman–Crippen LogP) is 5.87. The standard InChI is InChI=1S/C24H27F6N3O3/c1-5-36-21(35)18-13-19(22(2,3)4)33(31-18)17-6-8-32(9-7-17)20(34)14-10-15(23(25,26)27)12-16(11-14)24(28,29)30/h10-13,17H,5-9H2,1-4H3. The number of benzene rings is 1. The van der Waals surface area contributed by atoms with Gasteiger partial charge in [-0.3, -0.25) is 9.48 Å². The fourth-order valence-electron chi connectivity index (χ4n) is 4.11. The average Bonchev–Trinajstić information content (AvgIpc) is 3.24. The van der Waals surface area contributed by atoms with Crippen LogP contribution in [0.1, 0.15) is 84.2 Å². The van der Waals surface area contributed by atoms with Crippen molar-refractivity contribution in [3.63, 3.8) is 0 Å². The zero-order valence-electron chi connectivity index (χ0n) is 20.3. The van der Waals surface area contributed by atoms with E-state index in [0.29, 0.717) is 25.0 Å². The van der Waals surface area contributed by atoms with Crippen molar-refractivity contribution in [2.45, 2.75) is 64.3 Å². The highest BCUT2D eigenvalue weighted by atomic mass is 19.4. The highest BCUT2D eigenvalue weighted by molar-refractivity contribution is 5.94. The van der Waals surface area contributed by atoms with E-state index in [0.717, 1.165) is 5.69 Å². The lowest BCUT2D eigenvalue weighted by atomic mass is 9.91. The maximum Gasteiger partial charge on any atom is 0.416 e. The van der Waals surface area contributed by atoms with Crippen LogP contribution in [0.3, 0.4) is 0 Å². The Balaban J connectivity index is 1.84. The van der Waals surface area contributed by atoms with Crippen molar-refractivity contribution in [2.75, 3.05) is 19.7 Å². The predicted molar refractivity (Wildman–Crippen MR) is 118 cm³/mol. The van der Waals surface area contributed by atoms with Crippen molar-refractivity contribution < 1.29 is 40.7 Å². The molecular formula is C24H27F6N3O3. The molecular weight excluding hydrogens is 492 g/mol. The molecule has 1 aliphatic rings. The summed E-state index contributed by atoms with van der Waals surface area (Å²) in [5, 5.41) is 4.41. The summed E-state index contributed by atoms with van der Waals surface area (Å²) in [6.07, 6.45) is -9.37. The summed E-state index contributed by atoms with van der Waals surface area (Å²) in [5.74, 6) is -1.48. The van der Waals surface area contributed by atoms with E-state index in [-0.39, 0.29) is 42.9 Å². The van der Waals surface area contributed by atoms with Crippen LogP contribution in [0.4, 0.5) is 26.3 Å². The molecule has 0 N–H and O–H groups in total. The lowest BCUT2D eigenvalue weighted by Crippen LogP contribution is -2.40. The summed E-state index contributed by atoms with van der Waals surface area (Å²) in [7, 11) is 0. The molecule has 0 aliphatic carbocycles. The van der Waals surface area contributed by atoms with E-state index < -0.39 is 40.9 Å². The van der Waals surface area contributed by atoms with E-state index in [2.05, 4.69) is 5.10 Å². The van der Waals surface area contributed by atoms with E-state index in [1.54, 1.807) is 17.7 Å².